The Hall–Kier alpha value is -1.37. The highest BCUT2D eigenvalue weighted by Gasteiger charge is 2.13. The normalized spacial score (nSPS) is 10.8. The molecule has 1 aromatic heterocycles. The highest BCUT2D eigenvalue weighted by atomic mass is 79.9. The molecule has 1 heterocycles. The van der Waals surface area contributed by atoms with Crippen molar-refractivity contribution >= 4 is 43.6 Å². The van der Waals surface area contributed by atoms with Gasteiger partial charge in [-0.2, -0.15) is 0 Å². The zero-order chi connectivity index (χ0) is 16.9. The summed E-state index contributed by atoms with van der Waals surface area (Å²) >= 11 is 8.65. The van der Waals surface area contributed by atoms with E-state index in [0.29, 0.717) is 6.54 Å². The molecule has 0 saturated carbocycles. The van der Waals surface area contributed by atoms with Crippen LogP contribution in [0.2, 0.25) is 0 Å². The monoisotopic (exact) mass is 463 g/mol. The van der Waals surface area contributed by atoms with E-state index in [-0.39, 0.29) is 0 Å². The van der Waals surface area contributed by atoms with Crippen LogP contribution in [0.25, 0.3) is 11.4 Å². The van der Waals surface area contributed by atoms with E-state index in [1.807, 2.05) is 42.5 Å². The van der Waals surface area contributed by atoms with Gasteiger partial charge in [0, 0.05) is 26.8 Å². The molecule has 0 bridgehead atoms. The standard InChI is InChI=1S/C18H15Br2N3S/c1-2-10-23-17(14-6-8-15(19)9-7-14)21-22-18(23)24-12-13-4-3-5-16(20)11-13/h2-9,11H,1,10,12H2. The molecule has 0 unspecified atom stereocenters. The molecule has 0 aliphatic carbocycles. The number of rotatable bonds is 6. The van der Waals surface area contributed by atoms with Crippen LogP contribution >= 0.6 is 43.6 Å². The number of halogens is 2. The molecule has 0 spiro atoms. The van der Waals surface area contributed by atoms with Gasteiger partial charge in [-0.3, -0.25) is 4.57 Å². The quantitative estimate of drug-likeness (QED) is 0.333. The first-order valence-corrected chi connectivity index (χ1v) is 9.92. The van der Waals surface area contributed by atoms with Gasteiger partial charge in [0.15, 0.2) is 11.0 Å². The van der Waals surface area contributed by atoms with Crippen LogP contribution in [0.1, 0.15) is 5.56 Å². The van der Waals surface area contributed by atoms with Crippen LogP contribution in [0.3, 0.4) is 0 Å². The molecule has 2 aromatic carbocycles. The topological polar surface area (TPSA) is 30.7 Å². The Balaban J connectivity index is 1.85. The molecule has 6 heteroatoms. The highest BCUT2D eigenvalue weighted by molar-refractivity contribution is 9.10. The van der Waals surface area contributed by atoms with E-state index in [0.717, 1.165) is 31.2 Å². The van der Waals surface area contributed by atoms with E-state index in [1.54, 1.807) is 11.8 Å². The maximum Gasteiger partial charge on any atom is 0.192 e. The minimum Gasteiger partial charge on any atom is -0.298 e. The zero-order valence-corrected chi connectivity index (χ0v) is 16.8. The maximum atomic E-state index is 4.38. The minimum atomic E-state index is 0.680. The fourth-order valence-electron chi connectivity index (χ4n) is 2.28. The Kier molecular flexibility index (Phi) is 5.92. The third-order valence-corrected chi connectivity index (χ3v) is 5.45. The predicted molar refractivity (Wildman–Crippen MR) is 107 cm³/mol. The van der Waals surface area contributed by atoms with Crippen molar-refractivity contribution < 1.29 is 0 Å². The van der Waals surface area contributed by atoms with E-state index < -0.39 is 0 Å². The van der Waals surface area contributed by atoms with Gasteiger partial charge < -0.3 is 0 Å². The van der Waals surface area contributed by atoms with Gasteiger partial charge in [-0.25, -0.2) is 0 Å². The van der Waals surface area contributed by atoms with Gasteiger partial charge in [0.25, 0.3) is 0 Å². The molecule has 0 radical (unpaired) electrons. The van der Waals surface area contributed by atoms with Crippen molar-refractivity contribution in [3.05, 3.63) is 75.7 Å². The molecule has 0 atom stereocenters. The molecule has 0 amide bonds. The summed E-state index contributed by atoms with van der Waals surface area (Å²) in [7, 11) is 0. The van der Waals surface area contributed by atoms with Gasteiger partial charge >= 0.3 is 0 Å². The van der Waals surface area contributed by atoms with E-state index in [1.165, 1.54) is 5.56 Å². The van der Waals surface area contributed by atoms with Crippen LogP contribution < -0.4 is 0 Å². The Labute approximate surface area is 162 Å². The minimum absolute atomic E-state index is 0.680. The molecule has 0 aliphatic rings. The molecular formula is C18H15Br2N3S. The number of hydrogen-bond acceptors (Lipinski definition) is 3. The first-order chi connectivity index (χ1) is 11.7. The predicted octanol–water partition coefficient (Wildman–Crippen LogP) is 5.95. The van der Waals surface area contributed by atoms with Crippen molar-refractivity contribution in [1.29, 1.82) is 0 Å². The van der Waals surface area contributed by atoms with Crippen LogP contribution in [0.5, 0.6) is 0 Å². The molecule has 24 heavy (non-hydrogen) atoms. The van der Waals surface area contributed by atoms with Crippen molar-refractivity contribution in [1.82, 2.24) is 14.8 Å². The van der Waals surface area contributed by atoms with Crippen LogP contribution in [-0.2, 0) is 12.3 Å². The summed E-state index contributed by atoms with van der Waals surface area (Å²) in [6.07, 6.45) is 1.87. The van der Waals surface area contributed by atoms with Gasteiger partial charge in [-0.05, 0) is 29.8 Å². The second-order valence-electron chi connectivity index (χ2n) is 5.13. The van der Waals surface area contributed by atoms with E-state index in [9.17, 15) is 0 Å². The Bertz CT molecular complexity index is 844. The Morgan fingerprint density at radius 2 is 1.83 bits per heavy atom. The second-order valence-corrected chi connectivity index (χ2v) is 7.90. The number of aromatic nitrogens is 3. The molecule has 0 N–H and O–H groups in total. The lowest BCUT2D eigenvalue weighted by Crippen LogP contribution is -2.00. The van der Waals surface area contributed by atoms with Crippen molar-refractivity contribution in [3.8, 4) is 11.4 Å². The van der Waals surface area contributed by atoms with Crippen molar-refractivity contribution in [2.75, 3.05) is 0 Å². The lowest BCUT2D eigenvalue weighted by Gasteiger charge is -2.08. The summed E-state index contributed by atoms with van der Waals surface area (Å²) in [6.45, 7) is 4.54. The smallest absolute Gasteiger partial charge is 0.192 e. The number of benzene rings is 2. The molecular weight excluding hydrogens is 450 g/mol. The Morgan fingerprint density at radius 3 is 2.54 bits per heavy atom. The van der Waals surface area contributed by atoms with Crippen LogP contribution in [0.15, 0.2) is 75.3 Å². The number of thioether (sulfide) groups is 1. The number of allylic oxidation sites excluding steroid dienone is 1. The number of nitrogens with zero attached hydrogens (tertiary/aromatic N) is 3. The number of hydrogen-bond donors (Lipinski definition) is 0. The van der Waals surface area contributed by atoms with Gasteiger partial charge in [0.2, 0.25) is 0 Å². The fraction of sp³-hybridized carbons (Fsp3) is 0.111. The lowest BCUT2D eigenvalue weighted by atomic mass is 10.2. The average Bonchev–Trinajstić information content (AvgIpc) is 2.97. The van der Waals surface area contributed by atoms with Crippen LogP contribution in [-0.4, -0.2) is 14.8 Å². The van der Waals surface area contributed by atoms with Crippen molar-refractivity contribution in [3.63, 3.8) is 0 Å². The SMILES string of the molecule is C=CCn1c(SCc2cccc(Br)c2)nnc1-c1ccc(Br)cc1. The average molecular weight is 465 g/mol. The summed E-state index contributed by atoms with van der Waals surface area (Å²) in [5.74, 6) is 1.70. The second kappa shape index (κ2) is 8.14. The van der Waals surface area contributed by atoms with Crippen molar-refractivity contribution in [2.24, 2.45) is 0 Å². The molecule has 3 aromatic rings. The third-order valence-electron chi connectivity index (χ3n) is 3.39. The molecule has 0 saturated heterocycles. The van der Waals surface area contributed by atoms with Crippen LogP contribution in [0, 0.1) is 0 Å². The summed E-state index contributed by atoms with van der Waals surface area (Å²) in [4.78, 5) is 0. The summed E-state index contributed by atoms with van der Waals surface area (Å²) < 4.78 is 4.23. The van der Waals surface area contributed by atoms with Gasteiger partial charge in [-0.1, -0.05) is 74.0 Å². The largest absolute Gasteiger partial charge is 0.298 e. The molecule has 122 valence electrons. The summed E-state index contributed by atoms with van der Waals surface area (Å²) in [5, 5.41) is 9.66. The van der Waals surface area contributed by atoms with Gasteiger partial charge in [0.05, 0.1) is 0 Å². The van der Waals surface area contributed by atoms with Gasteiger partial charge in [-0.15, -0.1) is 16.8 Å². The van der Waals surface area contributed by atoms with E-state index >= 15 is 0 Å². The van der Waals surface area contributed by atoms with Crippen molar-refractivity contribution in [2.45, 2.75) is 17.5 Å². The molecule has 0 aliphatic heterocycles. The summed E-state index contributed by atoms with van der Waals surface area (Å²) in [5.41, 5.74) is 2.29. The zero-order valence-electron chi connectivity index (χ0n) is 12.8. The van der Waals surface area contributed by atoms with Crippen LogP contribution in [0.4, 0.5) is 0 Å². The first kappa shape index (κ1) is 17.5. The maximum absolute atomic E-state index is 4.38. The first-order valence-electron chi connectivity index (χ1n) is 7.34. The molecule has 3 nitrogen and oxygen atoms in total. The molecule has 0 fully saturated rings. The summed E-state index contributed by atoms with van der Waals surface area (Å²) in [6, 6.07) is 16.4. The fourth-order valence-corrected chi connectivity index (χ4v) is 3.88. The lowest BCUT2D eigenvalue weighted by molar-refractivity contribution is 0.731. The highest BCUT2D eigenvalue weighted by Crippen LogP contribution is 2.28. The molecule has 3 rings (SSSR count). The third kappa shape index (κ3) is 4.18. The van der Waals surface area contributed by atoms with Gasteiger partial charge in [0.1, 0.15) is 0 Å². The van der Waals surface area contributed by atoms with E-state index in [4.69, 9.17) is 0 Å². The Morgan fingerprint density at radius 1 is 1.04 bits per heavy atom. The van der Waals surface area contributed by atoms with E-state index in [2.05, 4.69) is 65.3 Å².